The second-order valence-corrected chi connectivity index (χ2v) is 8.79. The maximum absolute atomic E-state index is 12.5. The third-order valence-corrected chi connectivity index (χ3v) is 6.84. The molecule has 0 saturated heterocycles. The Morgan fingerprint density at radius 1 is 1.13 bits per heavy atom. The molecule has 0 spiro atoms. The van der Waals surface area contributed by atoms with Crippen LogP contribution in [-0.2, 0) is 17.6 Å². The Balaban J connectivity index is 1.62. The number of thiophene rings is 1. The van der Waals surface area contributed by atoms with E-state index in [9.17, 15) is 15.3 Å². The lowest BCUT2D eigenvalue weighted by molar-refractivity contribution is -0.113. The predicted octanol–water partition coefficient (Wildman–Crippen LogP) is 5.16. The van der Waals surface area contributed by atoms with Gasteiger partial charge in [0.15, 0.2) is 0 Å². The minimum Gasteiger partial charge on any atom is -0.324 e. The molecule has 0 atom stereocenters. The van der Waals surface area contributed by atoms with Crippen molar-refractivity contribution in [1.29, 1.82) is 10.5 Å². The van der Waals surface area contributed by atoms with E-state index in [1.54, 1.807) is 35.6 Å². The first-order valence-electron chi connectivity index (χ1n) is 9.62. The lowest BCUT2D eigenvalue weighted by Gasteiger charge is -2.21. The summed E-state index contributed by atoms with van der Waals surface area (Å²) >= 11 is 2.89. The zero-order chi connectivity index (χ0) is 20.9. The molecule has 1 aromatic carbocycles. The summed E-state index contributed by atoms with van der Waals surface area (Å²) in [6.45, 7) is 0. The number of rotatable bonds is 5. The van der Waals surface area contributed by atoms with Crippen LogP contribution in [0.5, 0.6) is 0 Å². The molecule has 0 saturated carbocycles. The van der Waals surface area contributed by atoms with Gasteiger partial charge in [-0.05, 0) is 54.8 Å². The number of nitrogens with one attached hydrogen (secondary N) is 1. The molecule has 2 aromatic heterocycles. The third kappa shape index (κ3) is 4.09. The summed E-state index contributed by atoms with van der Waals surface area (Å²) in [4.78, 5) is 18.4. The highest BCUT2D eigenvalue weighted by Gasteiger charge is 2.24. The van der Waals surface area contributed by atoms with Crippen LogP contribution >= 0.6 is 23.1 Å². The van der Waals surface area contributed by atoms with Gasteiger partial charge < -0.3 is 5.32 Å². The van der Waals surface area contributed by atoms with Crippen LogP contribution in [0, 0.1) is 22.7 Å². The maximum atomic E-state index is 12.5. The Hall–Kier alpha value is -3.13. The largest absolute Gasteiger partial charge is 0.324 e. The standard InChI is InChI=1S/C23H18N4OS2/c24-12-15-6-1-3-8-18(15)26-21(28)14-30-23-17(13-25)22(20-10-5-11-29-20)16-7-2-4-9-19(16)27-23/h1,3,5-6,8,10-11H,2,4,7,9,14H2,(H,26,28). The second-order valence-electron chi connectivity index (χ2n) is 6.88. The van der Waals surface area contributed by atoms with Crippen LogP contribution in [-0.4, -0.2) is 16.6 Å². The fourth-order valence-electron chi connectivity index (χ4n) is 3.63. The molecule has 0 unspecified atom stereocenters. The van der Waals surface area contributed by atoms with Gasteiger partial charge >= 0.3 is 0 Å². The number of aromatic nitrogens is 1. The molecule has 7 heteroatoms. The van der Waals surface area contributed by atoms with Gasteiger partial charge in [0.25, 0.3) is 0 Å². The third-order valence-electron chi connectivity index (χ3n) is 4.98. The number of thioether (sulfide) groups is 1. The van der Waals surface area contributed by atoms with Gasteiger partial charge in [-0.15, -0.1) is 11.3 Å². The van der Waals surface area contributed by atoms with Gasteiger partial charge in [-0.1, -0.05) is 30.0 Å². The number of hydrogen-bond acceptors (Lipinski definition) is 6. The van der Waals surface area contributed by atoms with Gasteiger partial charge in [0, 0.05) is 16.1 Å². The first-order valence-corrected chi connectivity index (χ1v) is 11.5. The summed E-state index contributed by atoms with van der Waals surface area (Å²) in [6, 6.07) is 15.3. The molecule has 2 heterocycles. The molecule has 0 bridgehead atoms. The van der Waals surface area contributed by atoms with E-state index in [4.69, 9.17) is 4.98 Å². The molecule has 30 heavy (non-hydrogen) atoms. The van der Waals surface area contributed by atoms with E-state index in [0.717, 1.165) is 41.8 Å². The van der Waals surface area contributed by atoms with Gasteiger partial charge in [-0.3, -0.25) is 4.79 Å². The highest BCUT2D eigenvalue weighted by atomic mass is 32.2. The van der Waals surface area contributed by atoms with Gasteiger partial charge in [0.2, 0.25) is 5.91 Å². The summed E-state index contributed by atoms with van der Waals surface area (Å²) in [5, 5.41) is 24.5. The number of fused-ring (bicyclic) bond motifs is 1. The first-order chi connectivity index (χ1) is 14.7. The van der Waals surface area contributed by atoms with E-state index in [2.05, 4.69) is 17.5 Å². The van der Waals surface area contributed by atoms with Crippen molar-refractivity contribution >= 4 is 34.7 Å². The fourth-order valence-corrected chi connectivity index (χ4v) is 5.24. The topological polar surface area (TPSA) is 89.6 Å². The average molecular weight is 431 g/mol. The minimum atomic E-state index is -0.233. The molecule has 0 aliphatic heterocycles. The molecular formula is C23H18N4OS2. The second kappa shape index (κ2) is 9.13. The van der Waals surface area contributed by atoms with Crippen molar-refractivity contribution in [3.8, 4) is 22.6 Å². The van der Waals surface area contributed by atoms with Gasteiger partial charge in [-0.2, -0.15) is 10.5 Å². The molecular weight excluding hydrogens is 412 g/mol. The molecule has 4 rings (SSSR count). The van der Waals surface area contributed by atoms with Gasteiger partial charge in [0.1, 0.15) is 17.2 Å². The van der Waals surface area contributed by atoms with Crippen LogP contribution in [0.3, 0.4) is 0 Å². The van der Waals surface area contributed by atoms with Crippen molar-refractivity contribution in [2.45, 2.75) is 30.7 Å². The molecule has 148 valence electrons. The Kier molecular flexibility index (Phi) is 6.13. The Bertz CT molecular complexity index is 1170. The van der Waals surface area contributed by atoms with E-state index in [1.165, 1.54) is 17.3 Å². The Morgan fingerprint density at radius 3 is 2.73 bits per heavy atom. The van der Waals surface area contributed by atoms with Crippen molar-refractivity contribution in [3.05, 3.63) is 64.2 Å². The zero-order valence-electron chi connectivity index (χ0n) is 16.1. The number of carbonyl (C=O) groups excluding carboxylic acids is 1. The predicted molar refractivity (Wildman–Crippen MR) is 119 cm³/mol. The highest BCUT2D eigenvalue weighted by Crippen LogP contribution is 2.39. The van der Waals surface area contributed by atoms with Crippen LogP contribution in [0.1, 0.15) is 35.2 Å². The summed E-state index contributed by atoms with van der Waals surface area (Å²) in [5.74, 6) is -0.117. The van der Waals surface area contributed by atoms with E-state index >= 15 is 0 Å². The van der Waals surface area contributed by atoms with Gasteiger partial charge in [0.05, 0.1) is 22.6 Å². The number of hydrogen-bond donors (Lipinski definition) is 1. The number of carbonyl (C=O) groups is 1. The Labute approximate surface area is 183 Å². The molecule has 1 aliphatic carbocycles. The Morgan fingerprint density at radius 2 is 1.97 bits per heavy atom. The van der Waals surface area contributed by atoms with Crippen molar-refractivity contribution in [1.82, 2.24) is 4.98 Å². The smallest absolute Gasteiger partial charge is 0.234 e. The lowest BCUT2D eigenvalue weighted by atomic mass is 9.89. The highest BCUT2D eigenvalue weighted by molar-refractivity contribution is 8.00. The van der Waals surface area contributed by atoms with Crippen LogP contribution in [0.4, 0.5) is 5.69 Å². The number of nitrogens with zero attached hydrogens (tertiary/aromatic N) is 3. The molecule has 5 nitrogen and oxygen atoms in total. The average Bonchev–Trinajstić information content (AvgIpc) is 3.31. The number of amides is 1. The van der Waals surface area contributed by atoms with E-state index < -0.39 is 0 Å². The number of para-hydroxylation sites is 1. The zero-order valence-corrected chi connectivity index (χ0v) is 17.8. The van der Waals surface area contributed by atoms with Crippen LogP contribution < -0.4 is 5.32 Å². The number of benzene rings is 1. The van der Waals surface area contributed by atoms with E-state index in [1.807, 2.05) is 17.5 Å². The van der Waals surface area contributed by atoms with Crippen LogP contribution in [0.2, 0.25) is 0 Å². The molecule has 1 N–H and O–H groups in total. The number of nitriles is 2. The number of anilines is 1. The molecule has 0 radical (unpaired) electrons. The summed E-state index contributed by atoms with van der Waals surface area (Å²) in [6.07, 6.45) is 4.02. The molecule has 3 aromatic rings. The molecule has 1 amide bonds. The lowest BCUT2D eigenvalue weighted by Crippen LogP contribution is -2.16. The van der Waals surface area contributed by atoms with Crippen LogP contribution in [0.25, 0.3) is 10.4 Å². The van der Waals surface area contributed by atoms with E-state index in [-0.39, 0.29) is 11.7 Å². The van der Waals surface area contributed by atoms with Crippen molar-refractivity contribution in [2.24, 2.45) is 0 Å². The van der Waals surface area contributed by atoms with Crippen LogP contribution in [0.15, 0.2) is 46.8 Å². The fraction of sp³-hybridized carbons (Fsp3) is 0.217. The number of aryl methyl sites for hydroxylation is 1. The summed E-state index contributed by atoms with van der Waals surface area (Å²) in [5.41, 5.74) is 4.66. The summed E-state index contributed by atoms with van der Waals surface area (Å²) < 4.78 is 0. The minimum absolute atomic E-state index is 0.115. The maximum Gasteiger partial charge on any atom is 0.234 e. The van der Waals surface area contributed by atoms with Crippen molar-refractivity contribution in [3.63, 3.8) is 0 Å². The van der Waals surface area contributed by atoms with E-state index in [0.29, 0.717) is 21.8 Å². The first kappa shape index (κ1) is 20.2. The molecule has 1 aliphatic rings. The van der Waals surface area contributed by atoms with Crippen molar-refractivity contribution in [2.75, 3.05) is 11.1 Å². The normalized spacial score (nSPS) is 12.5. The number of pyridine rings is 1. The van der Waals surface area contributed by atoms with Crippen molar-refractivity contribution < 1.29 is 4.79 Å². The SMILES string of the molecule is N#Cc1ccccc1NC(=O)CSc1nc2c(c(-c3cccs3)c1C#N)CCCC2. The quantitative estimate of drug-likeness (QED) is 0.565. The molecule has 0 fully saturated rings. The summed E-state index contributed by atoms with van der Waals surface area (Å²) in [7, 11) is 0. The van der Waals surface area contributed by atoms with Gasteiger partial charge in [-0.25, -0.2) is 4.98 Å². The monoisotopic (exact) mass is 430 g/mol.